The van der Waals surface area contributed by atoms with Gasteiger partial charge in [0.1, 0.15) is 24.2 Å². The molecule has 1 saturated heterocycles. The summed E-state index contributed by atoms with van der Waals surface area (Å²) in [6, 6.07) is 8.43. The van der Waals surface area contributed by atoms with Gasteiger partial charge in [0.2, 0.25) is 5.95 Å². The van der Waals surface area contributed by atoms with E-state index < -0.39 is 7.14 Å². The Morgan fingerprint density at radius 2 is 1.80 bits per heavy atom. The number of ether oxygens (including phenoxy) is 1. The van der Waals surface area contributed by atoms with Gasteiger partial charge in [-0.3, -0.25) is 9.97 Å². The fourth-order valence-corrected chi connectivity index (χ4v) is 6.81. The number of nitrogens with one attached hydrogen (secondary N) is 3. The lowest BCUT2D eigenvalue weighted by molar-refractivity contribution is 0.415. The summed E-state index contributed by atoms with van der Waals surface area (Å²) < 4.78 is 19.7. The first kappa shape index (κ1) is 28.3. The van der Waals surface area contributed by atoms with Crippen molar-refractivity contribution >= 4 is 68.2 Å². The van der Waals surface area contributed by atoms with Crippen LogP contribution in [0.4, 0.5) is 28.8 Å². The number of hydrogen-bond acceptors (Lipinski definition) is 10. The third-order valence-electron chi connectivity index (χ3n) is 7.16. The van der Waals surface area contributed by atoms with Gasteiger partial charge >= 0.3 is 0 Å². The van der Waals surface area contributed by atoms with Crippen molar-refractivity contribution < 1.29 is 9.30 Å². The topological polar surface area (TPSA) is 117 Å². The Bertz CT molecular complexity index is 1590. The van der Waals surface area contributed by atoms with Gasteiger partial charge in [-0.1, -0.05) is 0 Å². The third kappa shape index (κ3) is 5.92. The fraction of sp³-hybridized carbons (Fsp3) is 0.357. The zero-order valence-corrected chi connectivity index (χ0v) is 25.8. The van der Waals surface area contributed by atoms with E-state index in [1.807, 2.05) is 19.2 Å². The molecule has 40 heavy (non-hydrogen) atoms. The van der Waals surface area contributed by atoms with Gasteiger partial charge in [0.15, 0.2) is 0 Å². The van der Waals surface area contributed by atoms with E-state index >= 15 is 0 Å². The summed E-state index contributed by atoms with van der Waals surface area (Å²) in [5, 5.41) is 10.7. The van der Waals surface area contributed by atoms with Crippen molar-refractivity contribution in [2.24, 2.45) is 0 Å². The largest absolute Gasteiger partial charge is 0.494 e. The van der Waals surface area contributed by atoms with Gasteiger partial charge in [0.25, 0.3) is 0 Å². The molecule has 2 aromatic heterocycles. The molecule has 0 saturated carbocycles. The first-order valence-electron chi connectivity index (χ1n) is 13.1. The van der Waals surface area contributed by atoms with Gasteiger partial charge in [-0.2, -0.15) is 4.98 Å². The molecule has 210 valence electrons. The van der Waals surface area contributed by atoms with Gasteiger partial charge in [-0.15, -0.1) is 0 Å². The minimum absolute atomic E-state index is 0.393. The Kier molecular flexibility index (Phi) is 8.26. The van der Waals surface area contributed by atoms with E-state index in [2.05, 4.69) is 70.8 Å². The number of anilines is 5. The van der Waals surface area contributed by atoms with Crippen LogP contribution in [0.1, 0.15) is 18.4 Å². The molecule has 3 heterocycles. The highest BCUT2D eigenvalue weighted by Crippen LogP contribution is 2.41. The van der Waals surface area contributed by atoms with Gasteiger partial charge in [0.05, 0.1) is 33.8 Å². The van der Waals surface area contributed by atoms with Crippen LogP contribution < -0.4 is 30.9 Å². The van der Waals surface area contributed by atoms with Crippen LogP contribution in [0, 0.1) is 6.92 Å². The Hall–Kier alpha value is -3.27. The first-order chi connectivity index (χ1) is 19.2. The van der Waals surface area contributed by atoms with Gasteiger partial charge in [-0.05, 0) is 79.8 Å². The number of benzene rings is 2. The van der Waals surface area contributed by atoms with E-state index in [1.54, 1.807) is 39.0 Å². The molecule has 4 aromatic rings. The van der Waals surface area contributed by atoms with E-state index in [9.17, 15) is 4.57 Å². The monoisotopic (exact) mass is 624 g/mol. The maximum absolute atomic E-state index is 13.3. The van der Waals surface area contributed by atoms with Crippen molar-refractivity contribution in [3.8, 4) is 5.75 Å². The highest BCUT2D eigenvalue weighted by molar-refractivity contribution is 9.10. The van der Waals surface area contributed by atoms with Crippen molar-refractivity contribution in [1.82, 2.24) is 25.3 Å². The molecule has 1 aliphatic heterocycles. The number of piperidine rings is 1. The van der Waals surface area contributed by atoms with Gasteiger partial charge in [0, 0.05) is 49.5 Å². The molecule has 10 nitrogen and oxygen atoms in total. The quantitative estimate of drug-likeness (QED) is 0.219. The highest BCUT2D eigenvalue weighted by atomic mass is 79.9. The summed E-state index contributed by atoms with van der Waals surface area (Å²) in [5.41, 5.74) is 5.05. The molecule has 5 rings (SSSR count). The van der Waals surface area contributed by atoms with Crippen molar-refractivity contribution in [1.29, 1.82) is 0 Å². The summed E-state index contributed by atoms with van der Waals surface area (Å²) in [5.74, 6) is 1.63. The average molecular weight is 626 g/mol. The number of hydrogen-bond donors (Lipinski definition) is 3. The van der Waals surface area contributed by atoms with E-state index in [1.165, 1.54) is 5.69 Å². The molecule has 12 heteroatoms. The summed E-state index contributed by atoms with van der Waals surface area (Å²) in [7, 11) is 0.975. The molecule has 0 aliphatic carbocycles. The van der Waals surface area contributed by atoms with Crippen molar-refractivity contribution in [2.75, 3.05) is 56.1 Å². The van der Waals surface area contributed by atoms with Crippen LogP contribution >= 0.6 is 23.1 Å². The molecule has 1 aliphatic rings. The number of halogens is 1. The minimum atomic E-state index is -2.72. The Morgan fingerprint density at radius 3 is 2.50 bits per heavy atom. The predicted octanol–water partition coefficient (Wildman–Crippen LogP) is 5.42. The Morgan fingerprint density at radius 1 is 1.05 bits per heavy atom. The standard InChI is InChI=1S/C28H34BrN8O2P/c1-17-14-22(24(39-3)15-23(17)37-12-8-18(30-2)9-13-37)35-28-33-16-19(29)27(36-28)34-21-7-6-20-25(32-11-10-31-20)26(21)40(4,5)38/h6-7,10-11,14-16,18,30H,8-9,12-13H2,1-5H3,(H2,33,34,35,36). The van der Waals surface area contributed by atoms with Crippen LogP contribution in [-0.2, 0) is 4.57 Å². The summed E-state index contributed by atoms with van der Waals surface area (Å²) in [4.78, 5) is 20.5. The van der Waals surface area contributed by atoms with Crippen LogP contribution in [0.5, 0.6) is 5.75 Å². The van der Waals surface area contributed by atoms with Gasteiger partial charge < -0.3 is 30.2 Å². The van der Waals surface area contributed by atoms with Crippen molar-refractivity contribution in [2.45, 2.75) is 25.8 Å². The third-order valence-corrected chi connectivity index (χ3v) is 9.27. The smallest absolute Gasteiger partial charge is 0.229 e. The van der Waals surface area contributed by atoms with E-state index in [0.717, 1.165) is 37.2 Å². The molecule has 0 amide bonds. The van der Waals surface area contributed by atoms with Crippen LogP contribution in [0.3, 0.4) is 0 Å². The maximum Gasteiger partial charge on any atom is 0.229 e. The van der Waals surface area contributed by atoms with Crippen molar-refractivity contribution in [3.05, 3.63) is 52.9 Å². The van der Waals surface area contributed by atoms with E-state index in [0.29, 0.717) is 50.1 Å². The van der Waals surface area contributed by atoms with Crippen molar-refractivity contribution in [3.63, 3.8) is 0 Å². The van der Waals surface area contributed by atoms with Gasteiger partial charge in [-0.25, -0.2) is 4.98 Å². The maximum atomic E-state index is 13.3. The number of aromatic nitrogens is 4. The molecule has 0 bridgehead atoms. The van der Waals surface area contributed by atoms with E-state index in [-0.39, 0.29) is 0 Å². The summed E-state index contributed by atoms with van der Waals surface area (Å²) >= 11 is 3.55. The Balaban J connectivity index is 1.44. The lowest BCUT2D eigenvalue weighted by Gasteiger charge is -2.34. The zero-order valence-electron chi connectivity index (χ0n) is 23.3. The highest BCUT2D eigenvalue weighted by Gasteiger charge is 2.23. The molecule has 0 unspecified atom stereocenters. The molecule has 1 fully saturated rings. The molecular formula is C28H34BrN8O2P. The number of aryl methyl sites for hydroxylation is 1. The van der Waals surface area contributed by atoms with Crippen LogP contribution in [0.25, 0.3) is 11.0 Å². The SMILES string of the molecule is CNC1CCN(c2cc(OC)c(Nc3ncc(Br)c(Nc4ccc5nccnc5c4P(C)(C)=O)n3)cc2C)CC1. The normalized spacial score (nSPS) is 14.4. The number of nitrogens with zero attached hydrogens (tertiary/aromatic N) is 5. The summed E-state index contributed by atoms with van der Waals surface area (Å²) in [6.07, 6.45) is 7.13. The molecular weight excluding hydrogens is 591 g/mol. The second-order valence-corrected chi connectivity index (χ2v) is 14.3. The second kappa shape index (κ2) is 11.7. The predicted molar refractivity (Wildman–Crippen MR) is 167 cm³/mol. The lowest BCUT2D eigenvalue weighted by atomic mass is 10.0. The number of fused-ring (bicyclic) bond motifs is 1. The number of rotatable bonds is 8. The van der Waals surface area contributed by atoms with Crippen LogP contribution in [-0.4, -0.2) is 66.6 Å². The summed E-state index contributed by atoms with van der Waals surface area (Å²) in [6.45, 7) is 7.56. The first-order valence-corrected chi connectivity index (χ1v) is 16.5. The van der Waals surface area contributed by atoms with Crippen LogP contribution in [0.15, 0.2) is 47.3 Å². The lowest BCUT2D eigenvalue weighted by Crippen LogP contribution is -2.41. The zero-order chi connectivity index (χ0) is 28.4. The molecule has 0 spiro atoms. The molecule has 0 atom stereocenters. The minimum Gasteiger partial charge on any atom is -0.494 e. The Labute approximate surface area is 242 Å². The molecule has 2 aromatic carbocycles. The van der Waals surface area contributed by atoms with Crippen LogP contribution in [0.2, 0.25) is 0 Å². The average Bonchev–Trinajstić information content (AvgIpc) is 2.94. The number of methoxy groups -OCH3 is 1. The van der Waals surface area contributed by atoms with E-state index in [4.69, 9.17) is 9.72 Å². The fourth-order valence-electron chi connectivity index (χ4n) is 5.12. The second-order valence-electron chi connectivity index (χ2n) is 10.3. The molecule has 0 radical (unpaired) electrons. The molecule has 3 N–H and O–H groups in total.